The van der Waals surface area contributed by atoms with Gasteiger partial charge in [0.2, 0.25) is 5.95 Å². The Balaban J connectivity index is 1.65. The van der Waals surface area contributed by atoms with Crippen LogP contribution in [0.4, 0.5) is 11.8 Å². The third-order valence-corrected chi connectivity index (χ3v) is 3.72. The molecule has 0 aliphatic carbocycles. The predicted octanol–water partition coefficient (Wildman–Crippen LogP) is 1.64. The van der Waals surface area contributed by atoms with Crippen molar-refractivity contribution in [3.63, 3.8) is 0 Å². The number of aromatic nitrogens is 2. The topological polar surface area (TPSA) is 59.5 Å². The molecule has 0 saturated carbocycles. The van der Waals surface area contributed by atoms with E-state index in [-0.39, 0.29) is 5.79 Å². The van der Waals surface area contributed by atoms with Crippen LogP contribution in [0.5, 0.6) is 0 Å². The molecule has 1 aromatic rings. The molecule has 110 valence electrons. The van der Waals surface area contributed by atoms with Crippen LogP contribution in [0.1, 0.15) is 26.7 Å². The van der Waals surface area contributed by atoms with Gasteiger partial charge in [-0.05, 0) is 19.9 Å². The van der Waals surface area contributed by atoms with E-state index in [9.17, 15) is 0 Å². The lowest BCUT2D eigenvalue weighted by molar-refractivity contribution is -0.169. The zero-order valence-electron chi connectivity index (χ0n) is 12.1. The minimum Gasteiger partial charge on any atom is -0.356 e. The molecule has 0 unspecified atom stereocenters. The molecule has 20 heavy (non-hydrogen) atoms. The van der Waals surface area contributed by atoms with E-state index >= 15 is 0 Å². The molecule has 0 bridgehead atoms. The highest BCUT2D eigenvalue weighted by Crippen LogP contribution is 2.32. The van der Waals surface area contributed by atoms with Gasteiger partial charge >= 0.3 is 0 Å². The fourth-order valence-corrected chi connectivity index (χ4v) is 2.72. The highest BCUT2D eigenvalue weighted by molar-refractivity contribution is 5.43. The smallest absolute Gasteiger partial charge is 0.224 e. The Labute approximate surface area is 119 Å². The third kappa shape index (κ3) is 2.86. The van der Waals surface area contributed by atoms with Gasteiger partial charge in [-0.2, -0.15) is 4.98 Å². The van der Waals surface area contributed by atoms with Crippen LogP contribution in [0, 0.1) is 0 Å². The molecule has 1 aromatic heterocycles. The van der Waals surface area contributed by atoms with Crippen molar-refractivity contribution in [2.75, 3.05) is 36.5 Å². The van der Waals surface area contributed by atoms with Gasteiger partial charge < -0.3 is 19.7 Å². The number of piperidine rings is 1. The average molecular weight is 278 g/mol. The van der Waals surface area contributed by atoms with Gasteiger partial charge in [-0.1, -0.05) is 0 Å². The van der Waals surface area contributed by atoms with Crippen LogP contribution in [-0.2, 0) is 9.47 Å². The molecule has 6 heteroatoms. The summed E-state index contributed by atoms with van der Waals surface area (Å²) in [6, 6.07) is 2.29. The fourth-order valence-electron chi connectivity index (χ4n) is 2.72. The largest absolute Gasteiger partial charge is 0.356 e. The number of nitrogens with one attached hydrogen (secondary N) is 1. The van der Waals surface area contributed by atoms with Gasteiger partial charge in [0.05, 0.1) is 13.2 Å². The molecule has 2 saturated heterocycles. The van der Waals surface area contributed by atoms with E-state index in [1.54, 1.807) is 6.20 Å². The van der Waals surface area contributed by atoms with Gasteiger partial charge in [-0.25, -0.2) is 4.98 Å². The molecule has 0 radical (unpaired) electrons. The fraction of sp³-hybridized carbons (Fsp3) is 0.714. The van der Waals surface area contributed by atoms with E-state index in [0.29, 0.717) is 12.0 Å². The summed E-state index contributed by atoms with van der Waals surface area (Å²) < 4.78 is 11.5. The Bertz CT molecular complexity index is 450. The highest BCUT2D eigenvalue weighted by atomic mass is 16.7. The lowest BCUT2D eigenvalue weighted by atomic mass is 10.0. The van der Waals surface area contributed by atoms with Crippen LogP contribution in [-0.4, -0.2) is 48.1 Å². The van der Waals surface area contributed by atoms with E-state index in [0.717, 1.165) is 45.0 Å². The van der Waals surface area contributed by atoms with Gasteiger partial charge in [-0.15, -0.1) is 0 Å². The predicted molar refractivity (Wildman–Crippen MR) is 76.9 cm³/mol. The second-order valence-corrected chi connectivity index (χ2v) is 5.63. The van der Waals surface area contributed by atoms with Crippen LogP contribution in [0.25, 0.3) is 0 Å². The quantitative estimate of drug-likeness (QED) is 0.907. The van der Waals surface area contributed by atoms with Gasteiger partial charge in [0, 0.05) is 38.2 Å². The molecule has 2 aliphatic heterocycles. The maximum Gasteiger partial charge on any atom is 0.224 e. The third-order valence-electron chi connectivity index (χ3n) is 3.72. The Hall–Kier alpha value is -1.40. The molecular formula is C14H22N4O2. The average Bonchev–Trinajstić information content (AvgIpc) is 2.87. The van der Waals surface area contributed by atoms with Gasteiger partial charge in [0.25, 0.3) is 0 Å². The lowest BCUT2D eigenvalue weighted by Crippen LogP contribution is -2.45. The number of ether oxygens (including phenoxy) is 2. The van der Waals surface area contributed by atoms with E-state index in [1.807, 2.05) is 6.07 Å². The highest BCUT2D eigenvalue weighted by Gasteiger charge is 2.40. The Morgan fingerprint density at radius 1 is 1.25 bits per heavy atom. The number of hydrogen-bond acceptors (Lipinski definition) is 6. The number of nitrogens with zero attached hydrogens (tertiary/aromatic N) is 3. The Kier molecular flexibility index (Phi) is 3.76. The van der Waals surface area contributed by atoms with Crippen LogP contribution in [0.3, 0.4) is 0 Å². The molecule has 2 fully saturated rings. The second kappa shape index (κ2) is 5.54. The van der Waals surface area contributed by atoms with Crippen molar-refractivity contribution < 1.29 is 9.47 Å². The van der Waals surface area contributed by atoms with E-state index in [2.05, 4.69) is 34.0 Å². The first-order valence-corrected chi connectivity index (χ1v) is 7.29. The summed E-state index contributed by atoms with van der Waals surface area (Å²) >= 11 is 0. The van der Waals surface area contributed by atoms with Crippen LogP contribution in [0.2, 0.25) is 0 Å². The molecule has 0 amide bonds. The number of anilines is 2. The minimum atomic E-state index is -0.331. The van der Waals surface area contributed by atoms with Gasteiger partial charge in [0.15, 0.2) is 5.79 Å². The van der Waals surface area contributed by atoms with Crippen molar-refractivity contribution in [1.29, 1.82) is 0 Å². The van der Waals surface area contributed by atoms with Crippen molar-refractivity contribution in [3.05, 3.63) is 12.3 Å². The maximum absolute atomic E-state index is 5.75. The first-order valence-electron chi connectivity index (χ1n) is 7.29. The summed E-state index contributed by atoms with van der Waals surface area (Å²) in [7, 11) is 0. The van der Waals surface area contributed by atoms with Gasteiger partial charge in [-0.3, -0.25) is 0 Å². The molecule has 0 atom stereocenters. The first-order chi connectivity index (χ1) is 9.67. The van der Waals surface area contributed by atoms with Crippen LogP contribution < -0.4 is 10.2 Å². The molecule has 0 aromatic carbocycles. The summed E-state index contributed by atoms with van der Waals surface area (Å²) in [6.45, 7) is 7.40. The summed E-state index contributed by atoms with van der Waals surface area (Å²) in [5.74, 6) is 1.32. The van der Waals surface area contributed by atoms with Crippen molar-refractivity contribution in [2.45, 2.75) is 38.5 Å². The monoisotopic (exact) mass is 278 g/mol. The van der Waals surface area contributed by atoms with Crippen LogP contribution in [0.15, 0.2) is 12.3 Å². The Morgan fingerprint density at radius 2 is 1.95 bits per heavy atom. The standard InChI is InChI=1S/C14H22N4O2/c1-11(2)16-13-15-6-3-12(17-13)18-7-4-14(5-8-18)19-9-10-20-14/h3,6,11H,4-5,7-10H2,1-2H3,(H,15,16,17). The molecular weight excluding hydrogens is 256 g/mol. The number of hydrogen-bond donors (Lipinski definition) is 1. The SMILES string of the molecule is CC(C)Nc1nccc(N2CCC3(CC2)OCCO3)n1. The molecule has 3 heterocycles. The molecule has 6 nitrogen and oxygen atoms in total. The second-order valence-electron chi connectivity index (χ2n) is 5.63. The number of rotatable bonds is 3. The zero-order chi connectivity index (χ0) is 14.0. The minimum absolute atomic E-state index is 0.329. The first kappa shape index (κ1) is 13.6. The van der Waals surface area contributed by atoms with Crippen LogP contribution >= 0.6 is 0 Å². The van der Waals surface area contributed by atoms with Gasteiger partial charge in [0.1, 0.15) is 5.82 Å². The van der Waals surface area contributed by atoms with E-state index < -0.39 is 0 Å². The van der Waals surface area contributed by atoms with Crippen molar-refractivity contribution >= 4 is 11.8 Å². The maximum atomic E-state index is 5.75. The molecule has 3 rings (SSSR count). The summed E-state index contributed by atoms with van der Waals surface area (Å²) in [4.78, 5) is 11.1. The van der Waals surface area contributed by atoms with Crippen molar-refractivity contribution in [1.82, 2.24) is 9.97 Å². The van der Waals surface area contributed by atoms with Crippen molar-refractivity contribution in [2.24, 2.45) is 0 Å². The van der Waals surface area contributed by atoms with Crippen molar-refractivity contribution in [3.8, 4) is 0 Å². The summed E-state index contributed by atoms with van der Waals surface area (Å²) in [5, 5.41) is 3.23. The summed E-state index contributed by atoms with van der Waals surface area (Å²) in [6.07, 6.45) is 3.59. The Morgan fingerprint density at radius 3 is 2.60 bits per heavy atom. The molecule has 1 N–H and O–H groups in total. The molecule has 2 aliphatic rings. The van der Waals surface area contributed by atoms with E-state index in [1.165, 1.54) is 0 Å². The normalized spacial score (nSPS) is 21.6. The lowest BCUT2D eigenvalue weighted by Gasteiger charge is -2.38. The zero-order valence-corrected chi connectivity index (χ0v) is 12.1. The molecule has 1 spiro atoms. The van der Waals surface area contributed by atoms with E-state index in [4.69, 9.17) is 9.47 Å². The summed E-state index contributed by atoms with van der Waals surface area (Å²) in [5.41, 5.74) is 0.